The number of hydrogen-bond donors (Lipinski definition) is 0. The maximum absolute atomic E-state index is 12.4. The predicted octanol–water partition coefficient (Wildman–Crippen LogP) is 3.59. The third-order valence-electron chi connectivity index (χ3n) is 4.19. The number of thiophene rings is 1. The Labute approximate surface area is 159 Å². The first-order valence-corrected chi connectivity index (χ1v) is 9.23. The van der Waals surface area contributed by atoms with Crippen molar-refractivity contribution in [3.63, 3.8) is 0 Å². The standard InChI is InChI=1S/C18H16ClN5OS/c1-10-14-16-21-13(8-11-4-6-12(19)7-5-11)22-24(16)9-20-17(14)26-15(10)18(25)23(2)3/h4-7,9H,8H2,1-3H3. The van der Waals surface area contributed by atoms with E-state index in [1.54, 1.807) is 29.8 Å². The van der Waals surface area contributed by atoms with Gasteiger partial charge in [0.15, 0.2) is 11.5 Å². The van der Waals surface area contributed by atoms with Crippen LogP contribution < -0.4 is 0 Å². The van der Waals surface area contributed by atoms with Gasteiger partial charge < -0.3 is 4.90 Å². The maximum atomic E-state index is 12.4. The van der Waals surface area contributed by atoms with Crippen LogP contribution in [-0.2, 0) is 6.42 Å². The van der Waals surface area contributed by atoms with Gasteiger partial charge in [0.2, 0.25) is 0 Å². The van der Waals surface area contributed by atoms with Gasteiger partial charge in [-0.15, -0.1) is 16.4 Å². The van der Waals surface area contributed by atoms with Gasteiger partial charge in [-0.1, -0.05) is 23.7 Å². The number of aromatic nitrogens is 4. The molecule has 0 N–H and O–H groups in total. The first kappa shape index (κ1) is 16.9. The Morgan fingerprint density at radius 1 is 1.27 bits per heavy atom. The Morgan fingerprint density at radius 3 is 2.69 bits per heavy atom. The smallest absolute Gasteiger partial charge is 0.263 e. The van der Waals surface area contributed by atoms with Crippen LogP contribution >= 0.6 is 22.9 Å². The van der Waals surface area contributed by atoms with E-state index in [4.69, 9.17) is 16.6 Å². The minimum absolute atomic E-state index is 0.0236. The quantitative estimate of drug-likeness (QED) is 0.540. The van der Waals surface area contributed by atoms with Gasteiger partial charge in [0.05, 0.1) is 10.3 Å². The Morgan fingerprint density at radius 2 is 2.00 bits per heavy atom. The van der Waals surface area contributed by atoms with E-state index in [0.717, 1.165) is 27.0 Å². The van der Waals surface area contributed by atoms with Gasteiger partial charge in [0.25, 0.3) is 5.91 Å². The second kappa shape index (κ2) is 6.34. The average molecular weight is 386 g/mol. The molecule has 1 amide bonds. The molecule has 0 unspecified atom stereocenters. The third-order valence-corrected chi connectivity index (χ3v) is 5.63. The minimum atomic E-state index is -0.0236. The molecule has 0 saturated carbocycles. The Kier molecular flexibility index (Phi) is 4.13. The summed E-state index contributed by atoms with van der Waals surface area (Å²) in [6.07, 6.45) is 2.25. The zero-order valence-corrected chi connectivity index (χ0v) is 16.1. The first-order valence-electron chi connectivity index (χ1n) is 8.03. The maximum Gasteiger partial charge on any atom is 0.263 e. The molecular weight excluding hydrogens is 370 g/mol. The lowest BCUT2D eigenvalue weighted by Crippen LogP contribution is -2.21. The summed E-state index contributed by atoms with van der Waals surface area (Å²) < 4.78 is 1.68. The van der Waals surface area contributed by atoms with Gasteiger partial charge >= 0.3 is 0 Å². The normalized spacial score (nSPS) is 11.4. The van der Waals surface area contributed by atoms with Crippen LogP contribution in [0.2, 0.25) is 5.02 Å². The van der Waals surface area contributed by atoms with Crippen molar-refractivity contribution in [2.75, 3.05) is 14.1 Å². The minimum Gasteiger partial charge on any atom is -0.344 e. The zero-order chi connectivity index (χ0) is 18.4. The lowest BCUT2D eigenvalue weighted by Gasteiger charge is -2.08. The van der Waals surface area contributed by atoms with E-state index in [2.05, 4.69) is 10.1 Å². The van der Waals surface area contributed by atoms with E-state index in [9.17, 15) is 4.79 Å². The summed E-state index contributed by atoms with van der Waals surface area (Å²) in [5, 5.41) is 6.12. The number of fused-ring (bicyclic) bond motifs is 3. The van der Waals surface area contributed by atoms with E-state index >= 15 is 0 Å². The molecule has 0 spiro atoms. The highest BCUT2D eigenvalue weighted by molar-refractivity contribution is 7.20. The van der Waals surface area contributed by atoms with Gasteiger partial charge in [-0.3, -0.25) is 4.79 Å². The molecule has 6 nitrogen and oxygen atoms in total. The van der Waals surface area contributed by atoms with Crippen LogP contribution in [0.3, 0.4) is 0 Å². The van der Waals surface area contributed by atoms with Crippen LogP contribution in [-0.4, -0.2) is 44.5 Å². The second-order valence-electron chi connectivity index (χ2n) is 6.28. The Balaban J connectivity index is 1.81. The molecule has 0 fully saturated rings. The molecule has 1 aromatic carbocycles. The lowest BCUT2D eigenvalue weighted by atomic mass is 10.1. The first-order chi connectivity index (χ1) is 12.4. The SMILES string of the molecule is Cc1c(C(=O)N(C)C)sc2ncn3nc(Cc4ccc(Cl)cc4)nc3c12. The molecular formula is C18H16ClN5OS. The summed E-state index contributed by atoms with van der Waals surface area (Å²) in [5.41, 5.74) is 2.71. The molecule has 4 aromatic rings. The predicted molar refractivity (Wildman–Crippen MR) is 103 cm³/mol. The van der Waals surface area contributed by atoms with E-state index in [1.807, 2.05) is 31.2 Å². The van der Waals surface area contributed by atoms with Crippen LogP contribution in [0.5, 0.6) is 0 Å². The fourth-order valence-electron chi connectivity index (χ4n) is 2.84. The number of hydrogen-bond acceptors (Lipinski definition) is 5. The fourth-order valence-corrected chi connectivity index (χ4v) is 4.14. The van der Waals surface area contributed by atoms with Gasteiger partial charge in [0, 0.05) is 25.5 Å². The highest BCUT2D eigenvalue weighted by Crippen LogP contribution is 2.32. The number of rotatable bonds is 3. The molecule has 0 atom stereocenters. The van der Waals surface area contributed by atoms with Crippen LogP contribution in [0.1, 0.15) is 26.6 Å². The fraction of sp³-hybridized carbons (Fsp3) is 0.222. The summed E-state index contributed by atoms with van der Waals surface area (Å²) in [4.78, 5) is 24.6. The monoisotopic (exact) mass is 385 g/mol. The van der Waals surface area contributed by atoms with E-state index in [-0.39, 0.29) is 5.91 Å². The highest BCUT2D eigenvalue weighted by Gasteiger charge is 2.21. The third kappa shape index (κ3) is 2.83. The summed E-state index contributed by atoms with van der Waals surface area (Å²) >= 11 is 7.33. The topological polar surface area (TPSA) is 63.4 Å². The molecule has 26 heavy (non-hydrogen) atoms. The van der Waals surface area contributed by atoms with Crippen LogP contribution in [0.15, 0.2) is 30.6 Å². The van der Waals surface area contributed by atoms with Crippen molar-refractivity contribution in [3.8, 4) is 0 Å². The van der Waals surface area contributed by atoms with Crippen molar-refractivity contribution in [2.24, 2.45) is 0 Å². The second-order valence-corrected chi connectivity index (χ2v) is 7.72. The summed E-state index contributed by atoms with van der Waals surface area (Å²) in [6.45, 7) is 1.94. The van der Waals surface area contributed by atoms with Crippen molar-refractivity contribution in [1.29, 1.82) is 0 Å². The van der Waals surface area contributed by atoms with Crippen LogP contribution in [0.4, 0.5) is 0 Å². The molecule has 4 rings (SSSR count). The van der Waals surface area contributed by atoms with Gasteiger partial charge in [0.1, 0.15) is 11.2 Å². The molecule has 8 heteroatoms. The molecule has 0 radical (unpaired) electrons. The van der Waals surface area contributed by atoms with E-state index in [0.29, 0.717) is 22.1 Å². The summed E-state index contributed by atoms with van der Waals surface area (Å²) in [7, 11) is 3.49. The molecule has 0 saturated heterocycles. The number of nitrogens with zero attached hydrogens (tertiary/aromatic N) is 5. The number of carbonyl (C=O) groups excluding carboxylic acids is 1. The number of aryl methyl sites for hydroxylation is 1. The van der Waals surface area contributed by atoms with Crippen molar-refractivity contribution < 1.29 is 4.79 Å². The largest absolute Gasteiger partial charge is 0.344 e. The van der Waals surface area contributed by atoms with Gasteiger partial charge in [-0.25, -0.2) is 14.5 Å². The zero-order valence-electron chi connectivity index (χ0n) is 14.5. The molecule has 0 aliphatic carbocycles. The van der Waals surface area contributed by atoms with Gasteiger partial charge in [-0.2, -0.15) is 0 Å². The van der Waals surface area contributed by atoms with Crippen molar-refractivity contribution in [2.45, 2.75) is 13.3 Å². The molecule has 0 aliphatic heterocycles. The van der Waals surface area contributed by atoms with Crippen molar-refractivity contribution in [3.05, 3.63) is 57.4 Å². The molecule has 0 aliphatic rings. The van der Waals surface area contributed by atoms with Crippen LogP contribution in [0, 0.1) is 6.92 Å². The molecule has 3 aromatic heterocycles. The summed E-state index contributed by atoms with van der Waals surface area (Å²) in [6, 6.07) is 7.64. The summed E-state index contributed by atoms with van der Waals surface area (Å²) in [5.74, 6) is 0.678. The Bertz CT molecular complexity index is 1130. The highest BCUT2D eigenvalue weighted by atomic mass is 35.5. The van der Waals surface area contributed by atoms with Crippen molar-refractivity contribution in [1.82, 2.24) is 24.5 Å². The van der Waals surface area contributed by atoms with Crippen molar-refractivity contribution >= 4 is 44.7 Å². The number of benzene rings is 1. The lowest BCUT2D eigenvalue weighted by molar-refractivity contribution is 0.0831. The number of carbonyl (C=O) groups is 1. The number of amides is 1. The molecule has 0 bridgehead atoms. The molecule has 3 heterocycles. The van der Waals surface area contributed by atoms with Crippen LogP contribution in [0.25, 0.3) is 15.9 Å². The molecule has 132 valence electrons. The van der Waals surface area contributed by atoms with E-state index in [1.165, 1.54) is 11.3 Å². The average Bonchev–Trinajstić information content (AvgIpc) is 3.16. The number of halogens is 1. The van der Waals surface area contributed by atoms with E-state index < -0.39 is 0 Å². The van der Waals surface area contributed by atoms with Gasteiger partial charge in [-0.05, 0) is 30.2 Å². The Hall–Kier alpha value is -2.51.